The van der Waals surface area contributed by atoms with Crippen LogP contribution in [0, 0.1) is 0 Å². The van der Waals surface area contributed by atoms with Gasteiger partial charge in [0.25, 0.3) is 0 Å². The Morgan fingerprint density at radius 1 is 1.56 bits per heavy atom. The molecule has 0 aromatic heterocycles. The summed E-state index contributed by atoms with van der Waals surface area (Å²) in [5.74, 6) is 0. The Hall–Kier alpha value is 0.680. The number of hydrogen-bond donors (Lipinski definition) is 1. The van der Waals surface area contributed by atoms with Gasteiger partial charge in [-0.1, -0.05) is 15.9 Å². The summed E-state index contributed by atoms with van der Waals surface area (Å²) in [6.45, 7) is 0.384. The van der Waals surface area contributed by atoms with Crippen LogP contribution in [0.4, 0.5) is 0 Å². The van der Waals surface area contributed by atoms with E-state index < -0.39 is 10.0 Å². The van der Waals surface area contributed by atoms with Crippen LogP contribution in [0.5, 0.6) is 0 Å². The first-order valence-corrected chi connectivity index (χ1v) is 5.52. The summed E-state index contributed by atoms with van der Waals surface area (Å²) in [4.78, 5) is 0. The van der Waals surface area contributed by atoms with Crippen LogP contribution in [0.25, 0.3) is 0 Å². The van der Waals surface area contributed by atoms with Crippen LogP contribution in [0.3, 0.4) is 0 Å². The Bertz CT molecular complexity index is 157. The predicted octanol–water partition coefficient (Wildman–Crippen LogP) is 0.497. The van der Waals surface area contributed by atoms with Crippen LogP contribution in [0.15, 0.2) is 0 Å². The van der Waals surface area contributed by atoms with Crippen molar-refractivity contribution in [1.82, 2.24) is 4.72 Å². The number of sulfonamides is 1. The Balaban J connectivity index is 3.61. The van der Waals surface area contributed by atoms with Crippen molar-refractivity contribution in [3.8, 4) is 0 Å². The fraction of sp³-hybridized carbons (Fsp3) is 1.00. The van der Waals surface area contributed by atoms with Gasteiger partial charge in [-0.3, -0.25) is 0 Å². The highest BCUT2D eigenvalue weighted by molar-refractivity contribution is 9.09. The van der Waals surface area contributed by atoms with Gasteiger partial charge < -0.3 is 0 Å². The van der Waals surface area contributed by atoms with Crippen molar-refractivity contribution >= 4 is 37.6 Å². The van der Waals surface area contributed by atoms with Gasteiger partial charge in [0.05, 0.1) is 0 Å². The van der Waals surface area contributed by atoms with Crippen molar-refractivity contribution < 1.29 is 8.42 Å². The Labute approximate surface area is 68.0 Å². The zero-order chi connectivity index (χ0) is 7.33. The number of alkyl halides is 2. The molecule has 6 heteroatoms. The highest BCUT2D eigenvalue weighted by atomic mass is 79.9. The first-order chi connectivity index (χ1) is 4.12. The van der Waals surface area contributed by atoms with Crippen LogP contribution < -0.4 is 4.72 Å². The minimum absolute atomic E-state index is 0.375. The second-order valence-electron chi connectivity index (χ2n) is 1.31. The third-order valence-corrected chi connectivity index (χ3v) is 2.75. The van der Waals surface area contributed by atoms with E-state index in [1.165, 1.54) is 0 Å². The number of halogens is 2. The molecule has 0 aliphatic heterocycles. The molecule has 0 unspecified atom stereocenters. The lowest BCUT2D eigenvalue weighted by Gasteiger charge is -1.97. The summed E-state index contributed by atoms with van der Waals surface area (Å²) in [5.41, 5.74) is 0. The minimum Gasteiger partial charge on any atom is -0.213 e. The van der Waals surface area contributed by atoms with E-state index in [2.05, 4.69) is 20.7 Å². The highest BCUT2D eigenvalue weighted by Gasteiger charge is 2.04. The SMILES string of the molecule is O=S(=O)(CCl)NCCBr. The van der Waals surface area contributed by atoms with Gasteiger partial charge in [0, 0.05) is 11.9 Å². The zero-order valence-corrected chi connectivity index (χ0v) is 7.76. The average Bonchev–Trinajstić information content (AvgIpc) is 1.84. The number of nitrogens with one attached hydrogen (secondary N) is 1. The summed E-state index contributed by atoms with van der Waals surface area (Å²) in [5, 5.41) is 0.225. The van der Waals surface area contributed by atoms with Crippen LogP contribution in [-0.2, 0) is 10.0 Å². The van der Waals surface area contributed by atoms with E-state index in [9.17, 15) is 8.42 Å². The molecule has 0 atom stereocenters. The van der Waals surface area contributed by atoms with Crippen LogP contribution in [-0.4, -0.2) is 25.5 Å². The smallest absolute Gasteiger partial charge is 0.213 e. The van der Waals surface area contributed by atoms with Crippen LogP contribution in [0.2, 0.25) is 0 Å². The molecule has 3 nitrogen and oxygen atoms in total. The molecular formula is C3H7BrClNO2S. The number of hydrogen-bond acceptors (Lipinski definition) is 2. The monoisotopic (exact) mass is 235 g/mol. The zero-order valence-electron chi connectivity index (χ0n) is 4.60. The highest BCUT2D eigenvalue weighted by Crippen LogP contribution is 1.87. The third kappa shape index (κ3) is 5.14. The molecule has 1 N–H and O–H groups in total. The van der Waals surface area contributed by atoms with E-state index in [0.29, 0.717) is 11.9 Å². The van der Waals surface area contributed by atoms with E-state index in [-0.39, 0.29) is 5.21 Å². The van der Waals surface area contributed by atoms with E-state index in [1.807, 2.05) is 0 Å². The quantitative estimate of drug-likeness (QED) is 0.723. The fourth-order valence-corrected chi connectivity index (χ4v) is 1.42. The van der Waals surface area contributed by atoms with Crippen molar-refractivity contribution in [3.63, 3.8) is 0 Å². The normalized spacial score (nSPS) is 11.8. The fourth-order valence-electron chi connectivity index (χ4n) is 0.233. The number of rotatable bonds is 4. The Morgan fingerprint density at radius 2 is 2.11 bits per heavy atom. The van der Waals surface area contributed by atoms with Crippen molar-refractivity contribution in [2.45, 2.75) is 0 Å². The van der Waals surface area contributed by atoms with Crippen molar-refractivity contribution in [3.05, 3.63) is 0 Å². The molecule has 0 saturated heterocycles. The lowest BCUT2D eigenvalue weighted by atomic mass is 10.8. The third-order valence-electron chi connectivity index (χ3n) is 0.560. The molecule has 0 saturated carbocycles. The molecule has 0 heterocycles. The van der Waals surface area contributed by atoms with E-state index >= 15 is 0 Å². The molecule has 0 radical (unpaired) electrons. The first kappa shape index (κ1) is 9.68. The molecule has 0 aliphatic carbocycles. The summed E-state index contributed by atoms with van der Waals surface area (Å²) >= 11 is 8.12. The van der Waals surface area contributed by atoms with Gasteiger partial charge in [0.15, 0.2) is 0 Å². The van der Waals surface area contributed by atoms with Gasteiger partial charge in [-0.05, 0) is 0 Å². The molecule has 0 rings (SSSR count). The lowest BCUT2D eigenvalue weighted by molar-refractivity contribution is 0.589. The van der Waals surface area contributed by atoms with E-state index in [1.54, 1.807) is 0 Å². The Morgan fingerprint density at radius 3 is 2.44 bits per heavy atom. The summed E-state index contributed by atoms with van der Waals surface area (Å²) in [7, 11) is -3.20. The first-order valence-electron chi connectivity index (χ1n) is 2.21. The summed E-state index contributed by atoms with van der Waals surface area (Å²) < 4.78 is 23.2. The molecule has 0 fully saturated rings. The maximum absolute atomic E-state index is 10.5. The maximum atomic E-state index is 10.5. The molecular weight excluding hydrogens is 229 g/mol. The predicted molar refractivity (Wildman–Crippen MR) is 41.4 cm³/mol. The second kappa shape index (κ2) is 4.49. The minimum atomic E-state index is -3.20. The summed E-state index contributed by atoms with van der Waals surface area (Å²) in [6.07, 6.45) is 0. The molecule has 0 aromatic rings. The van der Waals surface area contributed by atoms with E-state index in [0.717, 1.165) is 0 Å². The lowest BCUT2D eigenvalue weighted by Crippen LogP contribution is -2.26. The van der Waals surface area contributed by atoms with Crippen LogP contribution >= 0.6 is 27.5 Å². The van der Waals surface area contributed by atoms with Crippen molar-refractivity contribution in [2.75, 3.05) is 17.1 Å². The second-order valence-corrected chi connectivity index (χ2v) is 4.49. The van der Waals surface area contributed by atoms with Gasteiger partial charge in [0.1, 0.15) is 5.21 Å². The van der Waals surface area contributed by atoms with E-state index in [4.69, 9.17) is 11.6 Å². The standard InChI is InChI=1S/C3H7BrClNO2S/c4-1-2-6-9(7,8)3-5/h6H,1-3H2. The molecule has 0 bridgehead atoms. The van der Waals surface area contributed by atoms with Crippen molar-refractivity contribution in [1.29, 1.82) is 0 Å². The molecule has 56 valence electrons. The van der Waals surface area contributed by atoms with Gasteiger partial charge in [-0.2, -0.15) is 0 Å². The summed E-state index contributed by atoms with van der Waals surface area (Å²) in [6, 6.07) is 0. The van der Waals surface area contributed by atoms with Crippen LogP contribution in [0.1, 0.15) is 0 Å². The Kier molecular flexibility index (Phi) is 4.83. The van der Waals surface area contributed by atoms with Crippen molar-refractivity contribution in [2.24, 2.45) is 0 Å². The molecule has 0 aliphatic rings. The molecule has 0 amide bonds. The largest absolute Gasteiger partial charge is 0.225 e. The van der Waals surface area contributed by atoms with Gasteiger partial charge in [0.2, 0.25) is 10.0 Å². The maximum Gasteiger partial charge on any atom is 0.225 e. The van der Waals surface area contributed by atoms with Gasteiger partial charge in [-0.15, -0.1) is 11.6 Å². The molecule has 9 heavy (non-hydrogen) atoms. The van der Waals surface area contributed by atoms with Gasteiger partial charge in [-0.25, -0.2) is 13.1 Å². The molecule has 0 spiro atoms. The average molecular weight is 237 g/mol. The van der Waals surface area contributed by atoms with Gasteiger partial charge >= 0.3 is 0 Å². The molecule has 0 aromatic carbocycles. The topological polar surface area (TPSA) is 46.2 Å².